The van der Waals surface area contributed by atoms with Gasteiger partial charge in [-0.25, -0.2) is 0 Å². The summed E-state index contributed by atoms with van der Waals surface area (Å²) in [6.07, 6.45) is 5.86. The van der Waals surface area contributed by atoms with Gasteiger partial charge in [-0.3, -0.25) is 4.79 Å². The van der Waals surface area contributed by atoms with E-state index in [1.54, 1.807) is 0 Å². The molecule has 3 aliphatic heterocycles. The fourth-order valence-corrected chi connectivity index (χ4v) is 5.06. The second-order valence-electron chi connectivity index (χ2n) is 7.10. The Morgan fingerprint density at radius 1 is 1.30 bits per heavy atom. The number of fused-ring (bicyclic) bond motifs is 2. The van der Waals surface area contributed by atoms with Crippen LogP contribution in [0, 0.1) is 5.92 Å². The predicted molar refractivity (Wildman–Crippen MR) is 87.7 cm³/mol. The van der Waals surface area contributed by atoms with Crippen molar-refractivity contribution in [3.63, 3.8) is 0 Å². The van der Waals surface area contributed by atoms with Gasteiger partial charge in [-0.1, -0.05) is 0 Å². The molecule has 3 rings (SSSR count). The quantitative estimate of drug-likeness (QED) is 0.849. The molecule has 0 spiro atoms. The van der Waals surface area contributed by atoms with E-state index in [-0.39, 0.29) is 17.2 Å². The number of hydrogen-bond donors (Lipinski definition) is 1. The molecule has 5 heteroatoms. The summed E-state index contributed by atoms with van der Waals surface area (Å²) in [5.74, 6) is 2.12. The Morgan fingerprint density at radius 3 is 2.55 bits per heavy atom. The zero-order valence-corrected chi connectivity index (χ0v) is 14.2. The van der Waals surface area contributed by atoms with Crippen molar-refractivity contribution in [3.8, 4) is 0 Å². The normalized spacial score (nSPS) is 35.5. The largest absolute Gasteiger partial charge is 0.340 e. The van der Waals surface area contributed by atoms with Crippen molar-refractivity contribution in [1.29, 1.82) is 0 Å². The van der Waals surface area contributed by atoms with Gasteiger partial charge in [0.25, 0.3) is 0 Å². The van der Waals surface area contributed by atoms with Gasteiger partial charge in [0, 0.05) is 42.1 Å². The van der Waals surface area contributed by atoms with Crippen LogP contribution in [0.15, 0.2) is 0 Å². The Bertz CT molecular complexity index is 352. The van der Waals surface area contributed by atoms with Crippen LogP contribution in [-0.2, 0) is 4.79 Å². The van der Waals surface area contributed by atoms with Crippen LogP contribution in [0.1, 0.15) is 46.0 Å². The highest BCUT2D eigenvalue weighted by atomic mass is 35.5. The minimum atomic E-state index is 0. The lowest BCUT2D eigenvalue weighted by Crippen LogP contribution is -2.47. The molecule has 116 valence electrons. The van der Waals surface area contributed by atoms with Crippen LogP contribution in [0.3, 0.4) is 0 Å². The monoisotopic (exact) mass is 318 g/mol. The maximum atomic E-state index is 12.5. The number of thioether (sulfide) groups is 1. The Kier molecular flexibility index (Phi) is 5.30. The number of carbonyl (C=O) groups is 1. The number of nitrogens with one attached hydrogen (secondary N) is 1. The average Bonchev–Trinajstić information content (AvgIpc) is 2.67. The summed E-state index contributed by atoms with van der Waals surface area (Å²) in [5, 5.41) is 3.66. The molecule has 0 aromatic heterocycles. The van der Waals surface area contributed by atoms with Gasteiger partial charge in [-0.15, -0.1) is 12.4 Å². The van der Waals surface area contributed by atoms with Crippen molar-refractivity contribution in [2.24, 2.45) is 5.92 Å². The van der Waals surface area contributed by atoms with E-state index in [9.17, 15) is 4.79 Å². The van der Waals surface area contributed by atoms with E-state index in [0.717, 1.165) is 25.3 Å². The maximum absolute atomic E-state index is 12.5. The van der Waals surface area contributed by atoms with Crippen LogP contribution in [0.2, 0.25) is 0 Å². The molecule has 1 N–H and O–H groups in total. The van der Waals surface area contributed by atoms with Gasteiger partial charge in [0.1, 0.15) is 0 Å². The minimum Gasteiger partial charge on any atom is -0.340 e. The Morgan fingerprint density at radius 2 is 1.95 bits per heavy atom. The molecular formula is C15H27ClN2OS. The second kappa shape index (κ2) is 6.45. The van der Waals surface area contributed by atoms with E-state index >= 15 is 0 Å². The maximum Gasteiger partial charge on any atom is 0.222 e. The van der Waals surface area contributed by atoms with Crippen LogP contribution < -0.4 is 5.32 Å². The van der Waals surface area contributed by atoms with Crippen molar-refractivity contribution < 1.29 is 4.79 Å². The van der Waals surface area contributed by atoms with Crippen molar-refractivity contribution in [2.45, 2.75) is 62.8 Å². The van der Waals surface area contributed by atoms with Crippen LogP contribution in [0.25, 0.3) is 0 Å². The van der Waals surface area contributed by atoms with Gasteiger partial charge in [0.15, 0.2) is 0 Å². The molecule has 0 aromatic carbocycles. The van der Waals surface area contributed by atoms with Gasteiger partial charge < -0.3 is 10.2 Å². The van der Waals surface area contributed by atoms with Crippen LogP contribution in [0.4, 0.5) is 0 Å². The first kappa shape index (κ1) is 16.4. The summed E-state index contributed by atoms with van der Waals surface area (Å²) in [6, 6.07) is 1.40. The molecule has 2 atom stereocenters. The molecule has 0 saturated carbocycles. The Labute approximate surface area is 133 Å². The zero-order chi connectivity index (χ0) is 13.5. The summed E-state index contributed by atoms with van der Waals surface area (Å²) in [4.78, 5) is 14.6. The van der Waals surface area contributed by atoms with Crippen molar-refractivity contribution in [2.75, 3.05) is 18.8 Å². The van der Waals surface area contributed by atoms with Gasteiger partial charge >= 0.3 is 0 Å². The smallest absolute Gasteiger partial charge is 0.222 e. The number of piperidine rings is 1. The highest BCUT2D eigenvalue weighted by Crippen LogP contribution is 2.34. The minimum absolute atomic E-state index is 0. The number of nitrogens with zero attached hydrogens (tertiary/aromatic N) is 1. The molecule has 0 aliphatic carbocycles. The predicted octanol–water partition coefficient (Wildman–Crippen LogP) is 2.68. The molecule has 3 fully saturated rings. The zero-order valence-electron chi connectivity index (χ0n) is 12.6. The highest BCUT2D eigenvalue weighted by Gasteiger charge is 2.36. The standard InChI is InChI=1S/C15H26N2OS.ClH/c1-15(2)10-17(5-6-19-15)14(18)9-11-7-12-3-4-13(8-11)16-12;/h11-13,16H,3-10H2,1-2H3;1H. The lowest BCUT2D eigenvalue weighted by Gasteiger charge is -2.38. The van der Waals surface area contributed by atoms with Crippen LogP contribution in [0.5, 0.6) is 0 Å². The molecule has 0 aromatic rings. The third kappa shape index (κ3) is 3.83. The number of hydrogen-bond acceptors (Lipinski definition) is 3. The summed E-state index contributed by atoms with van der Waals surface area (Å²) in [7, 11) is 0. The first-order valence-electron chi connectivity index (χ1n) is 7.70. The van der Waals surface area contributed by atoms with Gasteiger partial charge in [0.2, 0.25) is 5.91 Å². The summed E-state index contributed by atoms with van der Waals surface area (Å²) >= 11 is 1.99. The number of rotatable bonds is 2. The molecule has 3 nitrogen and oxygen atoms in total. The van der Waals surface area contributed by atoms with E-state index in [1.807, 2.05) is 11.8 Å². The van der Waals surface area contributed by atoms with Gasteiger partial charge in [-0.2, -0.15) is 11.8 Å². The molecule has 3 heterocycles. The molecule has 2 unspecified atom stereocenters. The third-order valence-electron chi connectivity index (χ3n) is 4.81. The molecular weight excluding hydrogens is 292 g/mol. The van der Waals surface area contributed by atoms with Crippen molar-refractivity contribution in [1.82, 2.24) is 10.2 Å². The summed E-state index contributed by atoms with van der Waals surface area (Å²) in [6.45, 7) is 6.38. The molecule has 3 saturated heterocycles. The summed E-state index contributed by atoms with van der Waals surface area (Å²) in [5.41, 5.74) is 0. The third-order valence-corrected chi connectivity index (χ3v) is 6.11. The van der Waals surface area contributed by atoms with Crippen molar-refractivity contribution >= 4 is 30.1 Å². The first-order valence-corrected chi connectivity index (χ1v) is 8.68. The molecule has 0 radical (unpaired) electrons. The average molecular weight is 319 g/mol. The van der Waals surface area contributed by atoms with Crippen molar-refractivity contribution in [3.05, 3.63) is 0 Å². The Balaban J connectivity index is 0.00000147. The highest BCUT2D eigenvalue weighted by molar-refractivity contribution is 8.00. The lowest BCUT2D eigenvalue weighted by molar-refractivity contribution is -0.132. The number of amides is 1. The number of carbonyl (C=O) groups excluding carboxylic acids is 1. The molecule has 3 aliphatic rings. The topological polar surface area (TPSA) is 32.3 Å². The van der Waals surface area contributed by atoms with Crippen LogP contribution in [-0.4, -0.2) is 46.5 Å². The Hall–Kier alpha value is 0.0700. The molecule has 1 amide bonds. The fraction of sp³-hybridized carbons (Fsp3) is 0.933. The lowest BCUT2D eigenvalue weighted by atomic mass is 9.89. The van der Waals surface area contributed by atoms with Gasteiger partial charge in [-0.05, 0) is 45.4 Å². The van der Waals surface area contributed by atoms with E-state index in [4.69, 9.17) is 0 Å². The second-order valence-corrected chi connectivity index (χ2v) is 8.90. The number of halogens is 1. The molecule has 2 bridgehead atoms. The van der Waals surface area contributed by atoms with Crippen LogP contribution >= 0.6 is 24.2 Å². The van der Waals surface area contributed by atoms with E-state index < -0.39 is 0 Å². The summed E-state index contributed by atoms with van der Waals surface area (Å²) < 4.78 is 0.237. The van der Waals surface area contributed by atoms with E-state index in [0.29, 0.717) is 23.9 Å². The van der Waals surface area contributed by atoms with Gasteiger partial charge in [0.05, 0.1) is 0 Å². The first-order chi connectivity index (χ1) is 9.02. The SMILES string of the molecule is CC1(C)CN(C(=O)CC2CC3CCC(C2)N3)CCS1.Cl. The fourth-order valence-electron chi connectivity index (χ4n) is 3.95. The van der Waals surface area contributed by atoms with E-state index in [1.165, 1.54) is 25.7 Å². The van der Waals surface area contributed by atoms with E-state index in [2.05, 4.69) is 24.1 Å². The molecule has 20 heavy (non-hydrogen) atoms.